The molecule has 0 aliphatic heterocycles. The second-order valence-electron chi connectivity index (χ2n) is 8.98. The Bertz CT molecular complexity index is 1300. The van der Waals surface area contributed by atoms with Gasteiger partial charge in [0, 0.05) is 10.4 Å². The van der Waals surface area contributed by atoms with E-state index in [9.17, 15) is 14.4 Å². The third-order valence-electron chi connectivity index (χ3n) is 6.15. The molecule has 1 aromatic heterocycles. The number of ether oxygens (including phenoxy) is 2. The van der Waals surface area contributed by atoms with Crippen LogP contribution in [-0.4, -0.2) is 30.5 Å². The zero-order valence-corrected chi connectivity index (χ0v) is 22.5. The fourth-order valence-corrected chi connectivity index (χ4v) is 5.75. The summed E-state index contributed by atoms with van der Waals surface area (Å²) >= 11 is 7.55. The number of hydrogen-bond donors (Lipinski definition) is 2. The average Bonchev–Trinajstić information content (AvgIpc) is 3.22. The molecule has 37 heavy (non-hydrogen) atoms. The predicted molar refractivity (Wildman–Crippen MR) is 146 cm³/mol. The zero-order chi connectivity index (χ0) is 26.5. The standard InChI is InChI=1S/C28H29ClN2O5S/c1-4-35-28(34)24-20-14-9-16(2)15-23(20)37-27(24)31-26(33)18-10-12-19(13-11-18)36-17(3)25(32)30-22-8-6-5-7-21(22)29/h5-8,10-13,16-17H,4,9,14-15H2,1-3H3,(H,30,32)(H,31,33)/t16-,17+/m0/s1. The topological polar surface area (TPSA) is 93.7 Å². The minimum Gasteiger partial charge on any atom is -0.481 e. The smallest absolute Gasteiger partial charge is 0.341 e. The summed E-state index contributed by atoms with van der Waals surface area (Å²) < 4.78 is 11.0. The van der Waals surface area contributed by atoms with Crippen LogP contribution in [0.4, 0.5) is 10.7 Å². The van der Waals surface area contributed by atoms with Crippen LogP contribution in [-0.2, 0) is 22.4 Å². The predicted octanol–water partition coefficient (Wildman–Crippen LogP) is 6.36. The summed E-state index contributed by atoms with van der Waals surface area (Å²) in [6.45, 7) is 5.85. The summed E-state index contributed by atoms with van der Waals surface area (Å²) in [5, 5.41) is 6.60. The monoisotopic (exact) mass is 540 g/mol. The van der Waals surface area contributed by atoms with E-state index in [4.69, 9.17) is 21.1 Å². The Morgan fingerprint density at radius 2 is 1.84 bits per heavy atom. The number of rotatable bonds is 8. The molecule has 0 fully saturated rings. The summed E-state index contributed by atoms with van der Waals surface area (Å²) in [4.78, 5) is 39.4. The third-order valence-corrected chi connectivity index (χ3v) is 7.65. The van der Waals surface area contributed by atoms with Gasteiger partial charge in [-0.2, -0.15) is 0 Å². The number of amides is 2. The molecule has 2 amide bonds. The highest BCUT2D eigenvalue weighted by molar-refractivity contribution is 7.17. The fraction of sp³-hybridized carbons (Fsp3) is 0.321. The van der Waals surface area contributed by atoms with E-state index in [-0.39, 0.29) is 18.4 Å². The van der Waals surface area contributed by atoms with Crippen LogP contribution in [0.2, 0.25) is 5.02 Å². The molecule has 4 rings (SSSR count). The first-order chi connectivity index (χ1) is 17.8. The summed E-state index contributed by atoms with van der Waals surface area (Å²) in [5.41, 5.74) is 2.36. The van der Waals surface area contributed by atoms with Crippen molar-refractivity contribution in [1.82, 2.24) is 0 Å². The number of fused-ring (bicyclic) bond motifs is 1. The highest BCUT2D eigenvalue weighted by atomic mass is 35.5. The van der Waals surface area contributed by atoms with Gasteiger partial charge >= 0.3 is 5.97 Å². The number of halogens is 1. The van der Waals surface area contributed by atoms with E-state index in [2.05, 4.69) is 17.6 Å². The van der Waals surface area contributed by atoms with E-state index in [1.807, 2.05) is 0 Å². The molecule has 2 atom stereocenters. The van der Waals surface area contributed by atoms with Crippen LogP contribution in [0.25, 0.3) is 0 Å². The SMILES string of the molecule is CCOC(=O)c1c(NC(=O)c2ccc(O[C@H](C)C(=O)Nc3ccccc3Cl)cc2)sc2c1CC[C@H](C)C2. The molecule has 0 unspecified atom stereocenters. The van der Waals surface area contributed by atoms with Crippen molar-refractivity contribution in [2.45, 2.75) is 46.1 Å². The fourth-order valence-electron chi connectivity index (χ4n) is 4.17. The van der Waals surface area contributed by atoms with Gasteiger partial charge in [0.05, 0.1) is 22.9 Å². The number of carbonyl (C=O) groups excluding carboxylic acids is 3. The van der Waals surface area contributed by atoms with Gasteiger partial charge < -0.3 is 20.1 Å². The van der Waals surface area contributed by atoms with Gasteiger partial charge in [-0.15, -0.1) is 11.3 Å². The van der Waals surface area contributed by atoms with Crippen molar-refractivity contribution in [1.29, 1.82) is 0 Å². The Kier molecular flexibility index (Phi) is 8.51. The van der Waals surface area contributed by atoms with Crippen LogP contribution in [0.3, 0.4) is 0 Å². The summed E-state index contributed by atoms with van der Waals surface area (Å²) in [5.74, 6) is -0.124. The van der Waals surface area contributed by atoms with Gasteiger partial charge in [-0.3, -0.25) is 9.59 Å². The second kappa shape index (κ2) is 11.8. The van der Waals surface area contributed by atoms with E-state index in [0.29, 0.717) is 38.5 Å². The highest BCUT2D eigenvalue weighted by Gasteiger charge is 2.29. The minimum atomic E-state index is -0.789. The first kappa shape index (κ1) is 26.7. The van der Waals surface area contributed by atoms with Gasteiger partial charge in [0.1, 0.15) is 10.8 Å². The lowest BCUT2D eigenvalue weighted by atomic mass is 9.88. The maximum Gasteiger partial charge on any atom is 0.341 e. The number of nitrogens with one attached hydrogen (secondary N) is 2. The number of carbonyl (C=O) groups is 3. The lowest BCUT2D eigenvalue weighted by Crippen LogP contribution is -2.30. The van der Waals surface area contributed by atoms with Gasteiger partial charge in [0.2, 0.25) is 0 Å². The molecule has 2 N–H and O–H groups in total. The van der Waals surface area contributed by atoms with E-state index in [1.54, 1.807) is 62.4 Å². The quantitative estimate of drug-likeness (QED) is 0.324. The van der Waals surface area contributed by atoms with Crippen molar-refractivity contribution < 1.29 is 23.9 Å². The Morgan fingerprint density at radius 1 is 1.11 bits per heavy atom. The summed E-state index contributed by atoms with van der Waals surface area (Å²) in [6, 6.07) is 13.4. The molecular formula is C28H29ClN2O5S. The molecule has 1 heterocycles. The average molecular weight is 541 g/mol. The van der Waals surface area contributed by atoms with E-state index in [0.717, 1.165) is 29.7 Å². The summed E-state index contributed by atoms with van der Waals surface area (Å²) in [7, 11) is 0. The molecule has 0 bridgehead atoms. The molecule has 7 nitrogen and oxygen atoms in total. The number of para-hydroxylation sites is 1. The van der Waals surface area contributed by atoms with E-state index in [1.165, 1.54) is 11.3 Å². The molecule has 0 saturated heterocycles. The molecule has 0 spiro atoms. The van der Waals surface area contributed by atoms with Gasteiger partial charge in [-0.1, -0.05) is 30.7 Å². The van der Waals surface area contributed by atoms with Gasteiger partial charge in [-0.05, 0) is 81.0 Å². The second-order valence-corrected chi connectivity index (χ2v) is 10.5. The molecule has 194 valence electrons. The van der Waals surface area contributed by atoms with E-state index >= 15 is 0 Å². The molecule has 1 aliphatic carbocycles. The van der Waals surface area contributed by atoms with Crippen molar-refractivity contribution in [3.63, 3.8) is 0 Å². The normalized spacial score (nSPS) is 15.3. The molecule has 0 saturated carbocycles. The van der Waals surface area contributed by atoms with Crippen molar-refractivity contribution in [2.24, 2.45) is 5.92 Å². The maximum atomic E-state index is 13.0. The number of hydrogen-bond acceptors (Lipinski definition) is 6. The zero-order valence-electron chi connectivity index (χ0n) is 20.9. The number of esters is 1. The van der Waals surface area contributed by atoms with Crippen molar-refractivity contribution in [2.75, 3.05) is 17.2 Å². The van der Waals surface area contributed by atoms with Crippen LogP contribution in [0, 0.1) is 5.92 Å². The van der Waals surface area contributed by atoms with Crippen molar-refractivity contribution in [3.8, 4) is 5.75 Å². The lowest BCUT2D eigenvalue weighted by molar-refractivity contribution is -0.122. The van der Waals surface area contributed by atoms with Gasteiger partial charge in [0.15, 0.2) is 6.10 Å². The van der Waals surface area contributed by atoms with Crippen LogP contribution < -0.4 is 15.4 Å². The molecule has 1 aliphatic rings. The number of anilines is 2. The van der Waals surface area contributed by atoms with Crippen molar-refractivity contribution >= 4 is 51.4 Å². The van der Waals surface area contributed by atoms with Crippen molar-refractivity contribution in [3.05, 3.63) is 75.1 Å². The Hall–Kier alpha value is -3.36. The lowest BCUT2D eigenvalue weighted by Gasteiger charge is -2.18. The number of thiophene rings is 1. The minimum absolute atomic E-state index is 0.267. The maximum absolute atomic E-state index is 13.0. The van der Waals surface area contributed by atoms with Crippen LogP contribution >= 0.6 is 22.9 Å². The first-order valence-corrected chi connectivity index (χ1v) is 13.4. The Morgan fingerprint density at radius 3 is 2.54 bits per heavy atom. The van der Waals surface area contributed by atoms with Crippen LogP contribution in [0.15, 0.2) is 48.5 Å². The first-order valence-electron chi connectivity index (χ1n) is 12.2. The Labute approximate surface area is 225 Å². The molecule has 9 heteroatoms. The van der Waals surface area contributed by atoms with Crippen LogP contribution in [0.5, 0.6) is 5.75 Å². The Balaban J connectivity index is 1.43. The largest absolute Gasteiger partial charge is 0.481 e. The molecule has 3 aromatic rings. The third kappa shape index (κ3) is 6.32. The number of benzene rings is 2. The van der Waals surface area contributed by atoms with Gasteiger partial charge in [0.25, 0.3) is 11.8 Å². The summed E-state index contributed by atoms with van der Waals surface area (Å²) in [6.07, 6.45) is 1.89. The van der Waals surface area contributed by atoms with Gasteiger partial charge in [-0.25, -0.2) is 4.79 Å². The molecule has 0 radical (unpaired) electrons. The van der Waals surface area contributed by atoms with E-state index < -0.39 is 12.1 Å². The molecular weight excluding hydrogens is 512 g/mol. The molecule has 2 aromatic carbocycles. The highest BCUT2D eigenvalue weighted by Crippen LogP contribution is 2.40. The van der Waals surface area contributed by atoms with Crippen LogP contribution in [0.1, 0.15) is 58.3 Å².